The summed E-state index contributed by atoms with van der Waals surface area (Å²) in [6.45, 7) is 2.94. The zero-order chi connectivity index (χ0) is 25.3. The van der Waals surface area contributed by atoms with Gasteiger partial charge in [-0.25, -0.2) is 0 Å². The molecule has 2 aromatic rings. The molecular weight excluding hydrogens is 459 g/mol. The molecule has 186 valence electrons. The average Bonchev–Trinajstić information content (AvgIpc) is 2.82. The lowest BCUT2D eigenvalue weighted by molar-refractivity contribution is -0.137. The fraction of sp³-hybridized carbons (Fsp3) is 0.320. The minimum absolute atomic E-state index is 0.259. The van der Waals surface area contributed by atoms with E-state index in [4.69, 9.17) is 10.1 Å². The second kappa shape index (κ2) is 12.3. The molecule has 2 N–H and O–H groups in total. The predicted octanol–water partition coefficient (Wildman–Crippen LogP) is 4.05. The highest BCUT2D eigenvalue weighted by Crippen LogP contribution is 2.21. The maximum absolute atomic E-state index is 12.7. The number of benzene rings is 1. The molecule has 0 radical (unpaired) electrons. The molecule has 0 aliphatic carbocycles. The van der Waals surface area contributed by atoms with E-state index in [2.05, 4.69) is 15.2 Å². The topological polar surface area (TPSA) is 81.5 Å². The highest BCUT2D eigenvalue weighted by Gasteiger charge is 2.28. The second-order valence-electron chi connectivity index (χ2n) is 8.13. The number of halogens is 3. The minimum atomic E-state index is -4.36. The molecular formula is C25H28F3N5O2. The number of carbonyl (C=O) groups excluding carboxylic acids is 1. The van der Waals surface area contributed by atoms with E-state index in [1.807, 2.05) is 24.3 Å². The normalized spacial score (nSPS) is 15.3. The molecule has 1 aromatic carbocycles. The van der Waals surface area contributed by atoms with E-state index >= 15 is 0 Å². The van der Waals surface area contributed by atoms with Gasteiger partial charge in [0, 0.05) is 74.4 Å². The fourth-order valence-corrected chi connectivity index (χ4v) is 3.61. The number of anilines is 1. The van der Waals surface area contributed by atoms with Crippen LogP contribution in [0.2, 0.25) is 0 Å². The highest BCUT2D eigenvalue weighted by atomic mass is 19.4. The third-order valence-electron chi connectivity index (χ3n) is 5.25. The Kier molecular flexibility index (Phi) is 9.16. The quantitative estimate of drug-likeness (QED) is 0.412. The lowest BCUT2D eigenvalue weighted by atomic mass is 10.0. The van der Waals surface area contributed by atoms with Crippen molar-refractivity contribution in [3.63, 3.8) is 0 Å². The number of nitrogens with zero attached hydrogens (tertiary/aromatic N) is 3. The summed E-state index contributed by atoms with van der Waals surface area (Å²) in [4.78, 5) is 19.7. The predicted molar refractivity (Wildman–Crippen MR) is 130 cm³/mol. The Labute approximate surface area is 202 Å². The van der Waals surface area contributed by atoms with Crippen molar-refractivity contribution in [3.8, 4) is 0 Å². The number of amides is 1. The van der Waals surface area contributed by atoms with E-state index in [0.29, 0.717) is 16.8 Å². The number of pyridine rings is 1. The number of ether oxygens (including phenoxy) is 1. The van der Waals surface area contributed by atoms with Crippen LogP contribution < -0.4 is 5.32 Å². The van der Waals surface area contributed by atoms with Crippen molar-refractivity contribution in [2.75, 3.05) is 45.2 Å². The van der Waals surface area contributed by atoms with Crippen molar-refractivity contribution in [2.45, 2.75) is 12.7 Å². The third-order valence-corrected chi connectivity index (χ3v) is 5.25. The Morgan fingerprint density at radius 2 is 1.94 bits per heavy atom. The van der Waals surface area contributed by atoms with E-state index < -0.39 is 12.7 Å². The van der Waals surface area contributed by atoms with Crippen molar-refractivity contribution in [3.05, 3.63) is 71.7 Å². The molecule has 0 saturated carbocycles. The van der Waals surface area contributed by atoms with Crippen molar-refractivity contribution < 1.29 is 22.7 Å². The highest BCUT2D eigenvalue weighted by molar-refractivity contribution is 6.10. The molecule has 0 atom stereocenters. The Balaban J connectivity index is 1.64. The van der Waals surface area contributed by atoms with Crippen LogP contribution in [0.3, 0.4) is 0 Å². The smallest absolute Gasteiger partial charge is 0.379 e. The van der Waals surface area contributed by atoms with Crippen molar-refractivity contribution in [1.82, 2.24) is 14.8 Å². The lowest BCUT2D eigenvalue weighted by Crippen LogP contribution is -2.35. The standard InChI is InChI=1S/C25H28F3N5O2/c1-32(18-25(26,27)28)17-21(14-29)23-8-9-30-15-20(23)4-7-24(34)31-22-5-2-19(3-6-22)16-33-10-12-35-13-11-33/h2-9,14-15,17,29H,10-13,16,18H2,1H3,(H,31,34)/b7-4+,21-17+,29-14?. The van der Waals surface area contributed by atoms with Gasteiger partial charge in [0.25, 0.3) is 0 Å². The molecule has 1 aliphatic rings. The largest absolute Gasteiger partial charge is 0.405 e. The first kappa shape index (κ1) is 26.1. The number of carbonyl (C=O) groups is 1. The summed E-state index contributed by atoms with van der Waals surface area (Å²) in [7, 11) is 1.29. The molecule has 1 fully saturated rings. The maximum atomic E-state index is 12.7. The van der Waals surface area contributed by atoms with Crippen molar-refractivity contribution in [1.29, 1.82) is 5.41 Å². The first-order chi connectivity index (χ1) is 16.7. The van der Waals surface area contributed by atoms with Gasteiger partial charge >= 0.3 is 6.18 Å². The van der Waals surface area contributed by atoms with Gasteiger partial charge in [0.15, 0.2) is 0 Å². The maximum Gasteiger partial charge on any atom is 0.405 e. The van der Waals surface area contributed by atoms with Gasteiger partial charge in [-0.2, -0.15) is 13.2 Å². The number of morpholine rings is 1. The monoisotopic (exact) mass is 487 g/mol. The van der Waals surface area contributed by atoms with Gasteiger partial charge in [-0.3, -0.25) is 14.7 Å². The number of rotatable bonds is 9. The summed E-state index contributed by atoms with van der Waals surface area (Å²) < 4.78 is 43.3. The summed E-state index contributed by atoms with van der Waals surface area (Å²) >= 11 is 0. The zero-order valence-electron chi connectivity index (χ0n) is 19.4. The van der Waals surface area contributed by atoms with Crippen LogP contribution in [-0.4, -0.2) is 73.0 Å². The van der Waals surface area contributed by atoms with Gasteiger partial charge in [0.05, 0.1) is 13.2 Å². The Bertz CT molecular complexity index is 1060. The number of alkyl halides is 3. The van der Waals surface area contributed by atoms with Crippen LogP contribution >= 0.6 is 0 Å². The van der Waals surface area contributed by atoms with Gasteiger partial charge in [0.2, 0.25) is 5.91 Å². The fourth-order valence-electron chi connectivity index (χ4n) is 3.61. The molecule has 2 heterocycles. The van der Waals surface area contributed by atoms with Crippen LogP contribution in [0.5, 0.6) is 0 Å². The molecule has 0 spiro atoms. The van der Waals surface area contributed by atoms with E-state index in [-0.39, 0.29) is 11.5 Å². The third kappa shape index (κ3) is 8.66. The van der Waals surface area contributed by atoms with Crippen LogP contribution in [-0.2, 0) is 16.1 Å². The molecule has 1 aliphatic heterocycles. The SMILES string of the molecule is CN(/C=C(\C=N)c1ccncc1/C=C/C(=O)Nc1ccc(CN2CCOCC2)cc1)CC(F)(F)F. The van der Waals surface area contributed by atoms with Gasteiger partial charge in [0.1, 0.15) is 6.54 Å². The molecule has 35 heavy (non-hydrogen) atoms. The molecule has 10 heteroatoms. The number of hydrogen-bond donors (Lipinski definition) is 2. The van der Waals surface area contributed by atoms with E-state index in [9.17, 15) is 18.0 Å². The number of allylic oxidation sites excluding steroid dienone is 1. The van der Waals surface area contributed by atoms with Crippen LogP contribution in [0.15, 0.2) is 55.0 Å². The summed E-state index contributed by atoms with van der Waals surface area (Å²) in [5.41, 5.74) is 3.03. The lowest BCUT2D eigenvalue weighted by Gasteiger charge is -2.26. The van der Waals surface area contributed by atoms with Crippen LogP contribution in [0.4, 0.5) is 18.9 Å². The number of aromatic nitrogens is 1. The molecule has 1 amide bonds. The van der Waals surface area contributed by atoms with E-state index in [1.54, 1.807) is 6.07 Å². The molecule has 0 unspecified atom stereocenters. The Morgan fingerprint density at radius 1 is 1.23 bits per heavy atom. The molecule has 7 nitrogen and oxygen atoms in total. The molecule has 3 rings (SSSR count). The first-order valence-corrected chi connectivity index (χ1v) is 11.1. The Hall–Kier alpha value is -3.50. The molecule has 1 saturated heterocycles. The summed E-state index contributed by atoms with van der Waals surface area (Å²) in [6.07, 6.45) is 3.66. The zero-order valence-corrected chi connectivity index (χ0v) is 19.4. The number of nitrogens with one attached hydrogen (secondary N) is 2. The minimum Gasteiger partial charge on any atom is -0.379 e. The van der Waals surface area contributed by atoms with Crippen LogP contribution in [0.1, 0.15) is 16.7 Å². The average molecular weight is 488 g/mol. The van der Waals surface area contributed by atoms with Crippen molar-refractivity contribution >= 4 is 29.5 Å². The van der Waals surface area contributed by atoms with Crippen LogP contribution in [0.25, 0.3) is 11.6 Å². The second-order valence-corrected chi connectivity index (χ2v) is 8.13. The number of hydrogen-bond acceptors (Lipinski definition) is 6. The molecule has 0 bridgehead atoms. The van der Waals surface area contributed by atoms with E-state index in [0.717, 1.165) is 49.5 Å². The summed E-state index contributed by atoms with van der Waals surface area (Å²) in [5.74, 6) is -0.365. The van der Waals surface area contributed by atoms with Gasteiger partial charge in [-0.15, -0.1) is 0 Å². The molecule has 1 aromatic heterocycles. The van der Waals surface area contributed by atoms with Gasteiger partial charge < -0.3 is 20.4 Å². The van der Waals surface area contributed by atoms with Crippen molar-refractivity contribution in [2.24, 2.45) is 0 Å². The van der Waals surface area contributed by atoms with E-state index in [1.165, 1.54) is 37.8 Å². The summed E-state index contributed by atoms with van der Waals surface area (Å²) in [6, 6.07) is 9.19. The van der Waals surface area contributed by atoms with Crippen LogP contribution in [0, 0.1) is 5.41 Å². The van der Waals surface area contributed by atoms with Gasteiger partial charge in [-0.1, -0.05) is 12.1 Å². The first-order valence-electron chi connectivity index (χ1n) is 11.1. The Morgan fingerprint density at radius 3 is 2.60 bits per heavy atom. The van der Waals surface area contributed by atoms with Gasteiger partial charge in [-0.05, 0) is 35.4 Å². The summed E-state index contributed by atoms with van der Waals surface area (Å²) in [5, 5.41) is 10.4.